The number of halogens is 1. The van der Waals surface area contributed by atoms with Crippen LogP contribution in [0.25, 0.3) is 11.1 Å². The second-order valence-electron chi connectivity index (χ2n) is 7.45. The number of nitrogens with two attached hydrogens (primary N) is 1. The monoisotopic (exact) mass is 421 g/mol. The third-order valence-electron chi connectivity index (χ3n) is 5.63. The molecule has 2 atom stereocenters. The normalized spacial score (nSPS) is 19.2. The Morgan fingerprint density at radius 3 is 2.68 bits per heavy atom. The molecular weight excluding hydrogens is 397 g/mol. The van der Waals surface area contributed by atoms with Gasteiger partial charge in [0.2, 0.25) is 5.95 Å². The van der Waals surface area contributed by atoms with Crippen LogP contribution in [-0.2, 0) is 16.9 Å². The van der Waals surface area contributed by atoms with Crippen LogP contribution >= 0.6 is 0 Å². The molecule has 2 aromatic heterocycles. The van der Waals surface area contributed by atoms with E-state index in [-0.39, 0.29) is 5.96 Å². The highest BCUT2D eigenvalue weighted by atomic mass is 19.1. The molecule has 1 amide bonds. The fourth-order valence-corrected chi connectivity index (χ4v) is 4.03. The number of hydrogen-bond donors (Lipinski definition) is 3. The molecular formula is C23H24FN5O2. The number of benzene rings is 1. The van der Waals surface area contributed by atoms with Crippen molar-refractivity contribution in [1.29, 1.82) is 0 Å². The molecule has 8 heteroatoms. The van der Waals surface area contributed by atoms with Gasteiger partial charge in [0.1, 0.15) is 0 Å². The first kappa shape index (κ1) is 20.7. The number of rotatable bonds is 6. The van der Waals surface area contributed by atoms with Crippen molar-refractivity contribution in [3.8, 4) is 11.1 Å². The molecule has 3 heterocycles. The Hall–Kier alpha value is -3.52. The van der Waals surface area contributed by atoms with E-state index in [9.17, 15) is 14.3 Å². The number of hydrogen-bond acceptors (Lipinski definition) is 5. The van der Waals surface area contributed by atoms with E-state index >= 15 is 0 Å². The number of aryl methyl sites for hydroxylation is 1. The highest BCUT2D eigenvalue weighted by Crippen LogP contribution is 2.40. The summed E-state index contributed by atoms with van der Waals surface area (Å²) in [6, 6.07) is 12.1. The molecule has 0 radical (unpaired) electrons. The maximum Gasteiger partial charge on any atom is 0.264 e. The van der Waals surface area contributed by atoms with E-state index in [2.05, 4.69) is 15.3 Å². The molecule has 160 valence electrons. The Balaban J connectivity index is 1.93. The van der Waals surface area contributed by atoms with Crippen LogP contribution in [0, 0.1) is 5.95 Å². The number of carbonyl (C=O) groups is 1. The van der Waals surface area contributed by atoms with E-state index in [1.54, 1.807) is 42.5 Å². The number of aliphatic hydroxyl groups is 1. The van der Waals surface area contributed by atoms with Crippen LogP contribution in [-0.4, -0.2) is 26.5 Å². The second-order valence-corrected chi connectivity index (χ2v) is 7.45. The summed E-state index contributed by atoms with van der Waals surface area (Å²) < 4.78 is 16.2. The highest BCUT2D eigenvalue weighted by molar-refractivity contribution is 6.09. The van der Waals surface area contributed by atoms with E-state index in [1.807, 2.05) is 24.6 Å². The Morgan fingerprint density at radius 1 is 1.23 bits per heavy atom. The number of nitrogens with one attached hydrogen (secondary N) is 1. The lowest BCUT2D eigenvalue weighted by atomic mass is 9.83. The average Bonchev–Trinajstić information content (AvgIpc) is 3.34. The first-order valence-corrected chi connectivity index (χ1v) is 10.2. The molecule has 0 bridgehead atoms. The number of aliphatic imine (C=N–C) groups is 1. The maximum atomic E-state index is 14.3. The SMILES string of the molecule is CCC(O)c1cc(C2(c3cccc(-c4cccnc4F)c3)N=C(N)NC2=O)cn1CC. The van der Waals surface area contributed by atoms with Gasteiger partial charge in [0.15, 0.2) is 11.5 Å². The molecule has 0 saturated heterocycles. The molecule has 1 aromatic carbocycles. The minimum atomic E-state index is -1.44. The molecule has 0 aliphatic carbocycles. The number of aliphatic hydroxyl groups excluding tert-OH is 1. The standard InChI is InChI=1S/C23H24FN5O2/c1-3-19(30)18-12-16(13-29(18)4-2)23(21(31)27-22(25)28-23)15-8-5-7-14(11-15)17-9-6-10-26-20(17)24/h5-13,19,30H,3-4H2,1-2H3,(H3,25,27,28,31). The Morgan fingerprint density at radius 2 is 2.03 bits per heavy atom. The molecule has 3 aromatic rings. The zero-order chi connectivity index (χ0) is 22.2. The molecule has 31 heavy (non-hydrogen) atoms. The van der Waals surface area contributed by atoms with Crippen molar-refractivity contribution in [3.63, 3.8) is 0 Å². The van der Waals surface area contributed by atoms with E-state index in [1.165, 1.54) is 6.20 Å². The first-order chi connectivity index (χ1) is 14.9. The summed E-state index contributed by atoms with van der Waals surface area (Å²) in [6.07, 6.45) is 3.05. The molecule has 4 N–H and O–H groups in total. The van der Waals surface area contributed by atoms with Gasteiger partial charge in [-0.2, -0.15) is 4.39 Å². The summed E-state index contributed by atoms with van der Waals surface area (Å²) >= 11 is 0. The van der Waals surface area contributed by atoms with Crippen molar-refractivity contribution in [2.24, 2.45) is 10.7 Å². The minimum Gasteiger partial charge on any atom is -0.387 e. The quantitative estimate of drug-likeness (QED) is 0.532. The third kappa shape index (κ3) is 3.38. The number of pyridine rings is 1. The van der Waals surface area contributed by atoms with E-state index in [4.69, 9.17) is 5.73 Å². The van der Waals surface area contributed by atoms with Crippen molar-refractivity contribution >= 4 is 11.9 Å². The number of amides is 1. The van der Waals surface area contributed by atoms with Crippen LogP contribution in [0.4, 0.5) is 4.39 Å². The van der Waals surface area contributed by atoms with Crippen molar-refractivity contribution < 1.29 is 14.3 Å². The highest BCUT2D eigenvalue weighted by Gasteiger charge is 2.47. The molecule has 1 aliphatic heterocycles. The summed E-state index contributed by atoms with van der Waals surface area (Å²) in [5, 5.41) is 13.1. The van der Waals surface area contributed by atoms with Crippen LogP contribution in [0.15, 0.2) is 59.9 Å². The van der Waals surface area contributed by atoms with Gasteiger partial charge in [-0.15, -0.1) is 0 Å². The largest absolute Gasteiger partial charge is 0.387 e. The van der Waals surface area contributed by atoms with Gasteiger partial charge >= 0.3 is 0 Å². The van der Waals surface area contributed by atoms with E-state index < -0.39 is 23.5 Å². The van der Waals surface area contributed by atoms with Gasteiger partial charge in [0.25, 0.3) is 5.91 Å². The Labute approximate surface area is 179 Å². The molecule has 0 saturated carbocycles. The zero-order valence-electron chi connectivity index (χ0n) is 17.3. The number of aromatic nitrogens is 2. The van der Waals surface area contributed by atoms with Crippen molar-refractivity contribution in [3.05, 3.63) is 77.6 Å². The summed E-state index contributed by atoms with van der Waals surface area (Å²) in [6.45, 7) is 4.46. The Bertz CT molecular complexity index is 1170. The van der Waals surface area contributed by atoms with Gasteiger partial charge < -0.3 is 15.4 Å². The van der Waals surface area contributed by atoms with Gasteiger partial charge in [-0.3, -0.25) is 10.1 Å². The Kier molecular flexibility index (Phi) is 5.32. The second kappa shape index (κ2) is 7.96. The van der Waals surface area contributed by atoms with Crippen molar-refractivity contribution in [2.45, 2.75) is 38.5 Å². The lowest BCUT2D eigenvalue weighted by Crippen LogP contribution is -2.39. The van der Waals surface area contributed by atoms with Crippen molar-refractivity contribution in [2.75, 3.05) is 0 Å². The minimum absolute atomic E-state index is 0.00444. The van der Waals surface area contributed by atoms with Gasteiger partial charge in [-0.05, 0) is 48.7 Å². The maximum absolute atomic E-state index is 14.3. The fraction of sp³-hybridized carbons (Fsp3) is 0.261. The fourth-order valence-electron chi connectivity index (χ4n) is 4.03. The number of guanidine groups is 1. The van der Waals surface area contributed by atoms with Gasteiger partial charge in [0, 0.05) is 35.8 Å². The summed E-state index contributed by atoms with van der Waals surface area (Å²) in [7, 11) is 0. The molecule has 0 fully saturated rings. The summed E-state index contributed by atoms with van der Waals surface area (Å²) in [4.78, 5) is 21.4. The van der Waals surface area contributed by atoms with Crippen molar-refractivity contribution in [1.82, 2.24) is 14.9 Å². The predicted octanol–water partition coefficient (Wildman–Crippen LogP) is 2.84. The van der Waals surface area contributed by atoms with Gasteiger partial charge in [-0.1, -0.05) is 25.1 Å². The molecule has 4 rings (SSSR count). The van der Waals surface area contributed by atoms with Crippen LogP contribution in [0.1, 0.15) is 43.2 Å². The zero-order valence-corrected chi connectivity index (χ0v) is 17.3. The van der Waals surface area contributed by atoms with Crippen LogP contribution < -0.4 is 11.1 Å². The molecule has 0 spiro atoms. The van der Waals surface area contributed by atoms with Crippen LogP contribution in [0.3, 0.4) is 0 Å². The lowest BCUT2D eigenvalue weighted by Gasteiger charge is -2.24. The number of nitrogens with zero attached hydrogens (tertiary/aromatic N) is 3. The molecule has 7 nitrogen and oxygen atoms in total. The van der Waals surface area contributed by atoms with Gasteiger partial charge in [-0.25, -0.2) is 9.98 Å². The molecule has 1 aliphatic rings. The van der Waals surface area contributed by atoms with Gasteiger partial charge in [0.05, 0.1) is 6.10 Å². The van der Waals surface area contributed by atoms with Crippen LogP contribution in [0.2, 0.25) is 0 Å². The predicted molar refractivity (Wildman–Crippen MR) is 116 cm³/mol. The van der Waals surface area contributed by atoms with E-state index in [0.717, 1.165) is 0 Å². The van der Waals surface area contributed by atoms with E-state index in [0.29, 0.717) is 40.9 Å². The van der Waals surface area contributed by atoms with Crippen LogP contribution in [0.5, 0.6) is 0 Å². The average molecular weight is 421 g/mol. The first-order valence-electron chi connectivity index (χ1n) is 10.2. The smallest absolute Gasteiger partial charge is 0.264 e. The summed E-state index contributed by atoms with van der Waals surface area (Å²) in [5.74, 6) is -0.998. The molecule has 2 unspecified atom stereocenters. The topological polar surface area (TPSA) is 106 Å². The summed E-state index contributed by atoms with van der Waals surface area (Å²) in [5.41, 5.74) is 7.17. The lowest BCUT2D eigenvalue weighted by molar-refractivity contribution is -0.122. The number of carbonyl (C=O) groups excluding carboxylic acids is 1. The third-order valence-corrected chi connectivity index (χ3v) is 5.63.